The van der Waals surface area contributed by atoms with Gasteiger partial charge in [0.1, 0.15) is 0 Å². The Morgan fingerprint density at radius 2 is 2.11 bits per heavy atom. The van der Waals surface area contributed by atoms with Crippen LogP contribution in [0.2, 0.25) is 0 Å². The summed E-state index contributed by atoms with van der Waals surface area (Å²) in [4.78, 5) is 16.4. The van der Waals surface area contributed by atoms with E-state index in [1.165, 1.54) is 0 Å². The third kappa shape index (κ3) is 3.09. The summed E-state index contributed by atoms with van der Waals surface area (Å²) in [7, 11) is 0. The molecular formula is C15H19N3O. The van der Waals surface area contributed by atoms with Crippen molar-refractivity contribution in [1.29, 1.82) is 0 Å². The number of fused-ring (bicyclic) bond motifs is 1. The van der Waals surface area contributed by atoms with Gasteiger partial charge in [-0.05, 0) is 18.1 Å². The van der Waals surface area contributed by atoms with Gasteiger partial charge < -0.3 is 11.1 Å². The number of amides is 1. The Hall–Kier alpha value is -1.94. The Morgan fingerprint density at radius 1 is 1.37 bits per heavy atom. The Morgan fingerprint density at radius 3 is 2.79 bits per heavy atom. The molecule has 0 aliphatic rings. The van der Waals surface area contributed by atoms with Crippen molar-refractivity contribution in [2.75, 3.05) is 11.9 Å². The van der Waals surface area contributed by atoms with E-state index in [0.29, 0.717) is 12.2 Å². The van der Waals surface area contributed by atoms with E-state index in [-0.39, 0.29) is 17.7 Å². The minimum atomic E-state index is -0.175. The van der Waals surface area contributed by atoms with Crippen molar-refractivity contribution in [3.8, 4) is 0 Å². The first-order chi connectivity index (χ1) is 9.11. The number of hydrogen-bond acceptors (Lipinski definition) is 3. The normalized spacial score (nSPS) is 12.6. The molecule has 1 atom stereocenters. The van der Waals surface area contributed by atoms with Gasteiger partial charge in [-0.1, -0.05) is 32.0 Å². The highest BCUT2D eigenvalue weighted by Gasteiger charge is 2.20. The molecule has 0 fully saturated rings. The number of nitrogens with zero attached hydrogens (tertiary/aromatic N) is 1. The number of hydrogen-bond donors (Lipinski definition) is 2. The third-order valence-corrected chi connectivity index (χ3v) is 3.25. The predicted molar refractivity (Wildman–Crippen MR) is 77.8 cm³/mol. The van der Waals surface area contributed by atoms with Gasteiger partial charge in [-0.2, -0.15) is 0 Å². The molecule has 1 aromatic carbocycles. The fourth-order valence-electron chi connectivity index (χ4n) is 2.06. The van der Waals surface area contributed by atoms with Crippen LogP contribution in [0.4, 0.5) is 5.69 Å². The van der Waals surface area contributed by atoms with Gasteiger partial charge in [0.05, 0.1) is 23.3 Å². The number of benzene rings is 1. The molecule has 100 valence electrons. The lowest BCUT2D eigenvalue weighted by molar-refractivity contribution is -0.120. The Bertz CT molecular complexity index is 580. The van der Waals surface area contributed by atoms with E-state index in [1.54, 1.807) is 6.20 Å². The lowest BCUT2D eigenvalue weighted by Crippen LogP contribution is -2.33. The molecule has 0 aliphatic carbocycles. The van der Waals surface area contributed by atoms with E-state index in [4.69, 9.17) is 5.73 Å². The summed E-state index contributed by atoms with van der Waals surface area (Å²) in [6.07, 6.45) is 1.67. The Labute approximate surface area is 113 Å². The fourth-order valence-corrected chi connectivity index (χ4v) is 2.06. The second kappa shape index (κ2) is 5.80. The summed E-state index contributed by atoms with van der Waals surface area (Å²) in [5.41, 5.74) is 7.27. The van der Waals surface area contributed by atoms with Crippen LogP contribution >= 0.6 is 0 Å². The molecule has 2 rings (SSSR count). The molecule has 4 nitrogen and oxygen atoms in total. The average molecular weight is 257 g/mol. The summed E-state index contributed by atoms with van der Waals surface area (Å²) in [5, 5.41) is 3.89. The average Bonchev–Trinajstić information content (AvgIpc) is 2.39. The molecule has 1 amide bonds. The number of nitrogens with one attached hydrogen (secondary N) is 1. The summed E-state index contributed by atoms with van der Waals surface area (Å²) < 4.78 is 0. The molecule has 2 aromatic rings. The molecule has 0 bridgehead atoms. The van der Waals surface area contributed by atoms with Gasteiger partial charge >= 0.3 is 0 Å². The van der Waals surface area contributed by atoms with Crippen molar-refractivity contribution in [3.63, 3.8) is 0 Å². The molecule has 0 radical (unpaired) electrons. The summed E-state index contributed by atoms with van der Waals surface area (Å²) >= 11 is 0. The molecule has 0 saturated heterocycles. The standard InChI is InChI=1S/C15H19N3O/c1-10(2)13(8-16)15(19)18-12-7-11-5-3-4-6-14(11)17-9-12/h3-7,9-10,13H,8,16H2,1-2H3,(H,18,19). The van der Waals surface area contributed by atoms with Crippen LogP contribution in [0.1, 0.15) is 13.8 Å². The first kappa shape index (κ1) is 13.5. The molecule has 0 spiro atoms. The number of pyridine rings is 1. The van der Waals surface area contributed by atoms with Gasteiger partial charge in [0.25, 0.3) is 0 Å². The van der Waals surface area contributed by atoms with Gasteiger partial charge in [-0.25, -0.2) is 0 Å². The molecule has 19 heavy (non-hydrogen) atoms. The molecule has 1 unspecified atom stereocenters. The van der Waals surface area contributed by atoms with Crippen molar-refractivity contribution < 1.29 is 4.79 Å². The molecule has 3 N–H and O–H groups in total. The van der Waals surface area contributed by atoms with E-state index < -0.39 is 0 Å². The first-order valence-electron chi connectivity index (χ1n) is 6.47. The lowest BCUT2D eigenvalue weighted by atomic mass is 9.95. The maximum Gasteiger partial charge on any atom is 0.229 e. The second-order valence-electron chi connectivity index (χ2n) is 4.99. The van der Waals surface area contributed by atoms with E-state index in [9.17, 15) is 4.79 Å². The monoisotopic (exact) mass is 257 g/mol. The summed E-state index contributed by atoms with van der Waals surface area (Å²) in [6, 6.07) is 9.73. The minimum absolute atomic E-state index is 0.0467. The molecular weight excluding hydrogens is 238 g/mol. The zero-order valence-electron chi connectivity index (χ0n) is 11.3. The van der Waals surface area contributed by atoms with Crippen molar-refractivity contribution >= 4 is 22.5 Å². The van der Waals surface area contributed by atoms with Crippen LogP contribution in [0.25, 0.3) is 10.9 Å². The molecule has 0 aliphatic heterocycles. The fraction of sp³-hybridized carbons (Fsp3) is 0.333. The molecule has 1 heterocycles. The predicted octanol–water partition coefficient (Wildman–Crippen LogP) is 2.40. The summed E-state index contributed by atoms with van der Waals surface area (Å²) in [6.45, 7) is 4.34. The lowest BCUT2D eigenvalue weighted by Gasteiger charge is -2.18. The highest BCUT2D eigenvalue weighted by Crippen LogP contribution is 2.18. The minimum Gasteiger partial charge on any atom is -0.330 e. The van der Waals surface area contributed by atoms with Crippen molar-refractivity contribution in [3.05, 3.63) is 36.5 Å². The third-order valence-electron chi connectivity index (χ3n) is 3.25. The number of para-hydroxylation sites is 1. The number of aromatic nitrogens is 1. The van der Waals surface area contributed by atoms with Gasteiger partial charge in [0.15, 0.2) is 0 Å². The van der Waals surface area contributed by atoms with Gasteiger partial charge in [-0.15, -0.1) is 0 Å². The second-order valence-corrected chi connectivity index (χ2v) is 4.99. The van der Waals surface area contributed by atoms with Gasteiger partial charge in [-0.3, -0.25) is 9.78 Å². The van der Waals surface area contributed by atoms with E-state index in [2.05, 4.69) is 10.3 Å². The largest absolute Gasteiger partial charge is 0.330 e. The number of anilines is 1. The van der Waals surface area contributed by atoms with Crippen molar-refractivity contribution in [2.45, 2.75) is 13.8 Å². The van der Waals surface area contributed by atoms with Crippen molar-refractivity contribution in [1.82, 2.24) is 4.98 Å². The van der Waals surface area contributed by atoms with Crippen LogP contribution in [-0.2, 0) is 4.79 Å². The van der Waals surface area contributed by atoms with E-state index in [1.807, 2.05) is 44.2 Å². The van der Waals surface area contributed by atoms with Crippen LogP contribution in [0.15, 0.2) is 36.5 Å². The maximum absolute atomic E-state index is 12.1. The Kier molecular flexibility index (Phi) is 4.12. The van der Waals surface area contributed by atoms with E-state index in [0.717, 1.165) is 10.9 Å². The SMILES string of the molecule is CC(C)C(CN)C(=O)Nc1cnc2ccccc2c1. The van der Waals surface area contributed by atoms with Crippen LogP contribution in [0.3, 0.4) is 0 Å². The molecule has 0 saturated carbocycles. The van der Waals surface area contributed by atoms with Gasteiger partial charge in [0.2, 0.25) is 5.91 Å². The number of carbonyl (C=O) groups is 1. The van der Waals surface area contributed by atoms with Crippen LogP contribution in [-0.4, -0.2) is 17.4 Å². The topological polar surface area (TPSA) is 68.0 Å². The van der Waals surface area contributed by atoms with Crippen molar-refractivity contribution in [2.24, 2.45) is 17.6 Å². The smallest absolute Gasteiger partial charge is 0.229 e. The van der Waals surface area contributed by atoms with Crippen LogP contribution < -0.4 is 11.1 Å². The highest BCUT2D eigenvalue weighted by atomic mass is 16.1. The van der Waals surface area contributed by atoms with Gasteiger partial charge in [0, 0.05) is 11.9 Å². The number of carbonyl (C=O) groups excluding carboxylic acids is 1. The van der Waals surface area contributed by atoms with Crippen LogP contribution in [0.5, 0.6) is 0 Å². The maximum atomic E-state index is 12.1. The zero-order valence-corrected chi connectivity index (χ0v) is 11.3. The first-order valence-corrected chi connectivity index (χ1v) is 6.47. The van der Waals surface area contributed by atoms with Crippen LogP contribution in [0, 0.1) is 11.8 Å². The van der Waals surface area contributed by atoms with E-state index >= 15 is 0 Å². The summed E-state index contributed by atoms with van der Waals surface area (Å²) in [5.74, 6) is -0.000494. The highest BCUT2D eigenvalue weighted by molar-refractivity contribution is 5.94. The zero-order chi connectivity index (χ0) is 13.8. The molecule has 1 aromatic heterocycles. The Balaban J connectivity index is 2.19. The quantitative estimate of drug-likeness (QED) is 0.883. The number of rotatable bonds is 4. The number of nitrogens with two attached hydrogens (primary N) is 1. The molecule has 4 heteroatoms.